The molecule has 1 aliphatic heterocycles. The molecule has 1 aliphatic rings. The van der Waals surface area contributed by atoms with Crippen LogP contribution in [0.5, 0.6) is 0 Å². The Hall–Kier alpha value is -1.96. The topological polar surface area (TPSA) is 30.3 Å². The van der Waals surface area contributed by atoms with Crippen LogP contribution in [0.4, 0.5) is 5.69 Å². The molecule has 0 aromatic heterocycles. The van der Waals surface area contributed by atoms with E-state index in [0.717, 1.165) is 18.7 Å². The summed E-state index contributed by atoms with van der Waals surface area (Å²) in [7, 11) is 4.34. The maximum absolute atomic E-state index is 9.34. The molecule has 26 heavy (non-hydrogen) atoms. The Morgan fingerprint density at radius 1 is 1.04 bits per heavy atom. The first-order valence-electron chi connectivity index (χ1n) is 9.18. The molecule has 4 heteroatoms. The molecule has 0 aliphatic carbocycles. The molecular formula is C22H27N3S. The van der Waals surface area contributed by atoms with Crippen LogP contribution in [-0.2, 0) is 0 Å². The Balaban J connectivity index is 1.88. The second-order valence-corrected chi connectivity index (χ2v) is 8.43. The highest BCUT2D eigenvalue weighted by atomic mass is 32.2. The predicted molar refractivity (Wildman–Crippen MR) is 110 cm³/mol. The van der Waals surface area contributed by atoms with E-state index in [2.05, 4.69) is 68.1 Å². The minimum atomic E-state index is 0.667. The normalized spacial score (nSPS) is 15.3. The number of anilines is 1. The molecule has 0 spiro atoms. The lowest BCUT2D eigenvalue weighted by atomic mass is 10.0. The van der Waals surface area contributed by atoms with Crippen molar-refractivity contribution >= 4 is 17.4 Å². The molecule has 0 unspecified atom stereocenters. The summed E-state index contributed by atoms with van der Waals surface area (Å²) < 4.78 is 0. The second-order valence-electron chi connectivity index (χ2n) is 7.35. The highest BCUT2D eigenvalue weighted by Gasteiger charge is 2.22. The van der Waals surface area contributed by atoms with Crippen LogP contribution < -0.4 is 4.90 Å². The van der Waals surface area contributed by atoms with Crippen molar-refractivity contribution in [2.24, 2.45) is 0 Å². The van der Waals surface area contributed by atoms with Crippen molar-refractivity contribution in [3.63, 3.8) is 0 Å². The van der Waals surface area contributed by atoms with Crippen LogP contribution in [-0.4, -0.2) is 38.1 Å². The molecule has 3 nitrogen and oxygen atoms in total. The van der Waals surface area contributed by atoms with E-state index in [1.165, 1.54) is 39.4 Å². The third kappa shape index (κ3) is 4.23. The third-order valence-electron chi connectivity index (χ3n) is 5.17. The van der Waals surface area contributed by atoms with E-state index in [-0.39, 0.29) is 0 Å². The fourth-order valence-corrected chi connectivity index (χ4v) is 4.66. The van der Waals surface area contributed by atoms with Gasteiger partial charge in [0.05, 0.1) is 17.3 Å². The number of nitrogens with zero attached hydrogens (tertiary/aromatic N) is 3. The maximum atomic E-state index is 9.34. The number of benzene rings is 2. The lowest BCUT2D eigenvalue weighted by Gasteiger charge is -2.37. The standard InChI is InChI=1S/C22H27N3S/c1-16-5-8-21(17(2)13-16)26-22-14-18(15-23)6-7-20(22)25-11-9-19(10-12-25)24(3)4/h5-8,13-14,19H,9-12H2,1-4H3. The molecule has 1 saturated heterocycles. The van der Waals surface area contributed by atoms with Crippen LogP contribution >= 0.6 is 11.8 Å². The van der Waals surface area contributed by atoms with E-state index in [0.29, 0.717) is 6.04 Å². The number of nitriles is 1. The molecule has 0 atom stereocenters. The molecule has 1 heterocycles. The molecule has 0 amide bonds. The zero-order chi connectivity index (χ0) is 18.7. The average Bonchev–Trinajstić information content (AvgIpc) is 2.64. The van der Waals surface area contributed by atoms with Crippen molar-refractivity contribution in [2.45, 2.75) is 42.5 Å². The van der Waals surface area contributed by atoms with Crippen molar-refractivity contribution in [1.82, 2.24) is 4.90 Å². The summed E-state index contributed by atoms with van der Waals surface area (Å²) >= 11 is 1.78. The van der Waals surface area contributed by atoms with E-state index in [1.807, 2.05) is 12.1 Å². The monoisotopic (exact) mass is 365 g/mol. The fraction of sp³-hybridized carbons (Fsp3) is 0.409. The first kappa shape index (κ1) is 18.8. The molecule has 136 valence electrons. The van der Waals surface area contributed by atoms with Crippen molar-refractivity contribution in [1.29, 1.82) is 5.26 Å². The SMILES string of the molecule is Cc1ccc(Sc2cc(C#N)ccc2N2CCC(N(C)C)CC2)c(C)c1. The Labute approximate surface area is 161 Å². The van der Waals surface area contributed by atoms with E-state index >= 15 is 0 Å². The van der Waals surface area contributed by atoms with Crippen LogP contribution in [0.3, 0.4) is 0 Å². The van der Waals surface area contributed by atoms with Crippen LogP contribution in [0.1, 0.15) is 29.5 Å². The highest BCUT2D eigenvalue weighted by molar-refractivity contribution is 7.99. The zero-order valence-corrected chi connectivity index (χ0v) is 16.9. The molecule has 3 rings (SSSR count). The lowest BCUT2D eigenvalue weighted by Crippen LogP contribution is -2.42. The van der Waals surface area contributed by atoms with Gasteiger partial charge in [-0.15, -0.1) is 0 Å². The summed E-state index contributed by atoms with van der Waals surface area (Å²) in [5, 5.41) is 9.34. The van der Waals surface area contributed by atoms with Gasteiger partial charge in [-0.05, 0) is 70.6 Å². The minimum Gasteiger partial charge on any atom is -0.371 e. The van der Waals surface area contributed by atoms with E-state index in [9.17, 15) is 5.26 Å². The zero-order valence-electron chi connectivity index (χ0n) is 16.1. The van der Waals surface area contributed by atoms with Gasteiger partial charge in [0.25, 0.3) is 0 Å². The van der Waals surface area contributed by atoms with Crippen LogP contribution in [0.25, 0.3) is 0 Å². The molecule has 0 bridgehead atoms. The third-order valence-corrected chi connectivity index (χ3v) is 6.40. The van der Waals surface area contributed by atoms with Gasteiger partial charge in [0, 0.05) is 28.9 Å². The maximum Gasteiger partial charge on any atom is 0.0992 e. The summed E-state index contributed by atoms with van der Waals surface area (Å²) in [5.74, 6) is 0. The summed E-state index contributed by atoms with van der Waals surface area (Å²) in [6.45, 7) is 6.41. The molecule has 1 fully saturated rings. The van der Waals surface area contributed by atoms with E-state index in [1.54, 1.807) is 11.8 Å². The highest BCUT2D eigenvalue weighted by Crippen LogP contribution is 2.38. The number of piperidine rings is 1. The molecular weight excluding hydrogens is 338 g/mol. The average molecular weight is 366 g/mol. The molecule has 0 radical (unpaired) electrons. The Morgan fingerprint density at radius 3 is 2.38 bits per heavy atom. The molecule has 2 aromatic carbocycles. The number of hydrogen-bond acceptors (Lipinski definition) is 4. The Kier molecular flexibility index (Phi) is 5.90. The van der Waals surface area contributed by atoms with E-state index in [4.69, 9.17) is 0 Å². The predicted octanol–water partition coefficient (Wildman–Crippen LogP) is 4.86. The quantitative estimate of drug-likeness (QED) is 0.774. The van der Waals surface area contributed by atoms with Crippen molar-refractivity contribution in [3.8, 4) is 6.07 Å². The van der Waals surface area contributed by atoms with Gasteiger partial charge >= 0.3 is 0 Å². The molecule has 0 N–H and O–H groups in total. The van der Waals surface area contributed by atoms with Gasteiger partial charge in [0.1, 0.15) is 0 Å². The van der Waals surface area contributed by atoms with Gasteiger partial charge in [-0.25, -0.2) is 0 Å². The fourth-order valence-electron chi connectivity index (χ4n) is 3.58. The number of aryl methyl sites for hydroxylation is 2. The first-order chi connectivity index (χ1) is 12.5. The summed E-state index contributed by atoms with van der Waals surface area (Å²) in [6, 6.07) is 15.6. The molecule has 0 saturated carbocycles. The van der Waals surface area contributed by atoms with Gasteiger partial charge < -0.3 is 9.80 Å². The van der Waals surface area contributed by atoms with Gasteiger partial charge in [-0.2, -0.15) is 5.26 Å². The first-order valence-corrected chi connectivity index (χ1v) is 10.00. The second kappa shape index (κ2) is 8.16. The van der Waals surface area contributed by atoms with Gasteiger partial charge in [0.2, 0.25) is 0 Å². The van der Waals surface area contributed by atoms with Crippen molar-refractivity contribution < 1.29 is 0 Å². The Bertz CT molecular complexity index is 815. The minimum absolute atomic E-state index is 0.667. The van der Waals surface area contributed by atoms with Crippen LogP contribution in [0.2, 0.25) is 0 Å². The Morgan fingerprint density at radius 2 is 1.77 bits per heavy atom. The van der Waals surface area contributed by atoms with E-state index < -0.39 is 0 Å². The lowest BCUT2D eigenvalue weighted by molar-refractivity contribution is 0.249. The van der Waals surface area contributed by atoms with Gasteiger partial charge in [-0.1, -0.05) is 29.5 Å². The van der Waals surface area contributed by atoms with Crippen LogP contribution in [0, 0.1) is 25.2 Å². The van der Waals surface area contributed by atoms with Gasteiger partial charge in [0.15, 0.2) is 0 Å². The molecule has 2 aromatic rings. The van der Waals surface area contributed by atoms with Crippen molar-refractivity contribution in [2.75, 3.05) is 32.1 Å². The van der Waals surface area contributed by atoms with Crippen LogP contribution in [0.15, 0.2) is 46.2 Å². The summed E-state index contributed by atoms with van der Waals surface area (Å²) in [4.78, 5) is 7.25. The largest absolute Gasteiger partial charge is 0.371 e. The number of hydrogen-bond donors (Lipinski definition) is 0. The summed E-state index contributed by atoms with van der Waals surface area (Å²) in [6.07, 6.45) is 2.36. The van der Waals surface area contributed by atoms with Gasteiger partial charge in [-0.3, -0.25) is 0 Å². The number of rotatable bonds is 4. The summed E-state index contributed by atoms with van der Waals surface area (Å²) in [5.41, 5.74) is 4.55. The smallest absolute Gasteiger partial charge is 0.0992 e. The van der Waals surface area contributed by atoms with Crippen molar-refractivity contribution in [3.05, 3.63) is 53.1 Å².